The molecule has 1 nitrogen and oxygen atoms in total. The van der Waals surface area contributed by atoms with E-state index in [1.807, 2.05) is 6.07 Å². The predicted molar refractivity (Wildman–Crippen MR) is 93.7 cm³/mol. The molecule has 4 rings (SSSR count). The van der Waals surface area contributed by atoms with Gasteiger partial charge in [0.25, 0.3) is 0 Å². The van der Waals surface area contributed by atoms with Crippen molar-refractivity contribution in [3.63, 3.8) is 0 Å². The van der Waals surface area contributed by atoms with Crippen LogP contribution in [0.4, 0.5) is 5.69 Å². The molecular formula is C21H17N. The molecule has 3 aromatic rings. The lowest BCUT2D eigenvalue weighted by Crippen LogP contribution is -2.13. The summed E-state index contributed by atoms with van der Waals surface area (Å²) in [5, 5.41) is 3.69. The number of rotatable bonds is 2. The quantitative estimate of drug-likeness (QED) is 0.666. The summed E-state index contributed by atoms with van der Waals surface area (Å²) in [5.74, 6) is 0. The van der Waals surface area contributed by atoms with E-state index in [4.69, 9.17) is 0 Å². The van der Waals surface area contributed by atoms with Gasteiger partial charge in [0.05, 0.1) is 6.04 Å². The Bertz CT molecular complexity index is 769. The molecule has 1 aliphatic rings. The van der Waals surface area contributed by atoms with Crippen LogP contribution in [0.25, 0.3) is 12.2 Å². The van der Waals surface area contributed by atoms with Crippen molar-refractivity contribution in [2.24, 2.45) is 0 Å². The van der Waals surface area contributed by atoms with E-state index in [0.29, 0.717) is 0 Å². The Balaban J connectivity index is 1.86. The molecule has 0 aromatic heterocycles. The van der Waals surface area contributed by atoms with Crippen LogP contribution in [-0.2, 0) is 0 Å². The minimum atomic E-state index is 0.157. The van der Waals surface area contributed by atoms with Crippen LogP contribution in [0, 0.1) is 0 Å². The van der Waals surface area contributed by atoms with Crippen molar-refractivity contribution in [1.29, 1.82) is 0 Å². The van der Waals surface area contributed by atoms with Crippen LogP contribution in [0.3, 0.4) is 0 Å². The third kappa shape index (κ3) is 2.31. The second-order valence-electron chi connectivity index (χ2n) is 5.53. The number of benzene rings is 3. The fraction of sp³-hybridized carbons (Fsp3) is 0.0476. The van der Waals surface area contributed by atoms with E-state index in [9.17, 15) is 0 Å². The average molecular weight is 283 g/mol. The Kier molecular flexibility index (Phi) is 3.24. The Hall–Kier alpha value is -2.80. The van der Waals surface area contributed by atoms with E-state index in [1.165, 1.54) is 22.3 Å². The van der Waals surface area contributed by atoms with E-state index in [-0.39, 0.29) is 6.04 Å². The standard InChI is InChI=1S/C21H17N/c1-2-10-18(11-3-1)22-21-19-12-6-4-8-16(19)14-15-17-9-5-7-13-20(17)21/h1-15,21-22H. The summed E-state index contributed by atoms with van der Waals surface area (Å²) in [6, 6.07) is 27.8. The molecule has 0 unspecified atom stereocenters. The lowest BCUT2D eigenvalue weighted by molar-refractivity contribution is 0.936. The first kappa shape index (κ1) is 12.9. The first-order valence-corrected chi connectivity index (χ1v) is 7.59. The number of anilines is 1. The average Bonchev–Trinajstić information content (AvgIpc) is 2.74. The Labute approximate surface area is 130 Å². The molecule has 3 aromatic carbocycles. The molecule has 0 atom stereocenters. The van der Waals surface area contributed by atoms with Gasteiger partial charge in [0, 0.05) is 5.69 Å². The summed E-state index contributed by atoms with van der Waals surface area (Å²) in [4.78, 5) is 0. The van der Waals surface area contributed by atoms with Gasteiger partial charge in [-0.2, -0.15) is 0 Å². The Morgan fingerprint density at radius 2 is 1.05 bits per heavy atom. The third-order valence-corrected chi connectivity index (χ3v) is 4.14. The van der Waals surface area contributed by atoms with Crippen LogP contribution in [0.1, 0.15) is 28.3 Å². The number of nitrogens with one attached hydrogen (secondary N) is 1. The van der Waals surface area contributed by atoms with Gasteiger partial charge in [0.2, 0.25) is 0 Å². The molecule has 1 heteroatoms. The van der Waals surface area contributed by atoms with E-state index >= 15 is 0 Å². The maximum absolute atomic E-state index is 3.69. The second kappa shape index (κ2) is 5.53. The van der Waals surface area contributed by atoms with Crippen LogP contribution < -0.4 is 5.32 Å². The predicted octanol–water partition coefficient (Wildman–Crippen LogP) is 5.37. The highest BCUT2D eigenvalue weighted by Gasteiger charge is 2.20. The molecule has 1 N–H and O–H groups in total. The topological polar surface area (TPSA) is 12.0 Å². The number of hydrogen-bond donors (Lipinski definition) is 1. The van der Waals surface area contributed by atoms with Crippen LogP contribution in [0.5, 0.6) is 0 Å². The number of para-hydroxylation sites is 1. The molecule has 0 radical (unpaired) electrons. The van der Waals surface area contributed by atoms with Crippen molar-refractivity contribution in [3.8, 4) is 0 Å². The number of fused-ring (bicyclic) bond motifs is 2. The first-order valence-electron chi connectivity index (χ1n) is 7.59. The van der Waals surface area contributed by atoms with Gasteiger partial charge in [-0.1, -0.05) is 78.9 Å². The molecule has 0 bridgehead atoms. The lowest BCUT2D eigenvalue weighted by Gasteiger charge is -2.23. The van der Waals surface area contributed by atoms with Crippen molar-refractivity contribution in [2.75, 3.05) is 5.32 Å². The monoisotopic (exact) mass is 283 g/mol. The minimum Gasteiger partial charge on any atom is -0.374 e. The molecule has 0 fully saturated rings. The van der Waals surface area contributed by atoms with Crippen molar-refractivity contribution < 1.29 is 0 Å². The molecule has 0 spiro atoms. The van der Waals surface area contributed by atoms with Gasteiger partial charge in [0.1, 0.15) is 0 Å². The van der Waals surface area contributed by atoms with Crippen LogP contribution in [0.2, 0.25) is 0 Å². The summed E-state index contributed by atoms with van der Waals surface area (Å²) in [6.45, 7) is 0. The summed E-state index contributed by atoms with van der Waals surface area (Å²) in [7, 11) is 0. The van der Waals surface area contributed by atoms with Crippen molar-refractivity contribution in [3.05, 3.63) is 101 Å². The zero-order chi connectivity index (χ0) is 14.8. The third-order valence-electron chi connectivity index (χ3n) is 4.14. The van der Waals surface area contributed by atoms with Crippen molar-refractivity contribution >= 4 is 17.8 Å². The highest BCUT2D eigenvalue weighted by molar-refractivity contribution is 5.77. The van der Waals surface area contributed by atoms with Gasteiger partial charge < -0.3 is 5.32 Å². The number of hydrogen-bond acceptors (Lipinski definition) is 1. The molecule has 0 saturated heterocycles. The molecule has 0 amide bonds. The maximum Gasteiger partial charge on any atom is 0.0779 e. The van der Waals surface area contributed by atoms with Crippen LogP contribution in [0.15, 0.2) is 78.9 Å². The summed E-state index contributed by atoms with van der Waals surface area (Å²) in [5.41, 5.74) is 6.30. The van der Waals surface area contributed by atoms with Gasteiger partial charge in [-0.25, -0.2) is 0 Å². The molecule has 0 heterocycles. The fourth-order valence-corrected chi connectivity index (χ4v) is 3.05. The van der Waals surface area contributed by atoms with E-state index < -0.39 is 0 Å². The zero-order valence-electron chi connectivity index (χ0n) is 12.2. The molecule has 0 aliphatic heterocycles. The normalized spacial score (nSPS) is 13.1. The Morgan fingerprint density at radius 3 is 1.64 bits per heavy atom. The molecule has 22 heavy (non-hydrogen) atoms. The maximum atomic E-state index is 3.69. The molecule has 106 valence electrons. The van der Waals surface area contributed by atoms with E-state index in [1.54, 1.807) is 0 Å². The van der Waals surface area contributed by atoms with Gasteiger partial charge in [0.15, 0.2) is 0 Å². The van der Waals surface area contributed by atoms with Crippen molar-refractivity contribution in [1.82, 2.24) is 0 Å². The Morgan fingerprint density at radius 1 is 0.545 bits per heavy atom. The highest BCUT2D eigenvalue weighted by Crippen LogP contribution is 2.35. The molecular weight excluding hydrogens is 266 g/mol. The van der Waals surface area contributed by atoms with Gasteiger partial charge in [-0.3, -0.25) is 0 Å². The van der Waals surface area contributed by atoms with Gasteiger partial charge >= 0.3 is 0 Å². The SMILES string of the molecule is C1=Cc2ccccc2C(Nc2ccccc2)c2ccccc21. The van der Waals surface area contributed by atoms with Gasteiger partial charge in [-0.15, -0.1) is 0 Å². The fourth-order valence-electron chi connectivity index (χ4n) is 3.05. The van der Waals surface area contributed by atoms with Gasteiger partial charge in [-0.05, 0) is 34.4 Å². The first-order chi connectivity index (χ1) is 10.9. The molecule has 0 saturated carbocycles. The smallest absolute Gasteiger partial charge is 0.0779 e. The molecule has 1 aliphatic carbocycles. The summed E-state index contributed by atoms with van der Waals surface area (Å²) in [6.07, 6.45) is 4.42. The van der Waals surface area contributed by atoms with Crippen LogP contribution >= 0.6 is 0 Å². The van der Waals surface area contributed by atoms with Crippen molar-refractivity contribution in [2.45, 2.75) is 6.04 Å². The second-order valence-corrected chi connectivity index (χ2v) is 5.53. The van der Waals surface area contributed by atoms with Crippen LogP contribution in [-0.4, -0.2) is 0 Å². The zero-order valence-corrected chi connectivity index (χ0v) is 12.2. The lowest BCUT2D eigenvalue weighted by atomic mass is 9.94. The highest BCUT2D eigenvalue weighted by atomic mass is 14.9. The summed E-state index contributed by atoms with van der Waals surface area (Å²) < 4.78 is 0. The van der Waals surface area contributed by atoms with E-state index in [0.717, 1.165) is 5.69 Å². The minimum absolute atomic E-state index is 0.157. The summed E-state index contributed by atoms with van der Waals surface area (Å²) >= 11 is 0. The van der Waals surface area contributed by atoms with E-state index in [2.05, 4.69) is 90.3 Å². The largest absolute Gasteiger partial charge is 0.374 e.